The third-order valence-electron chi connectivity index (χ3n) is 3.22. The van der Waals surface area contributed by atoms with Gasteiger partial charge in [0.2, 0.25) is 40.1 Å². The van der Waals surface area contributed by atoms with Gasteiger partial charge in [-0.1, -0.05) is 31.2 Å². The molecule has 0 radical (unpaired) electrons. The fraction of sp³-hybridized carbons (Fsp3) is 0.500. The molecule has 0 amide bonds. The molecule has 0 aliphatic heterocycles. The number of rotatable bonds is 8. The monoisotopic (exact) mass is 482 g/mol. The maximum atomic E-state index is 12.1. The van der Waals surface area contributed by atoms with Gasteiger partial charge >= 0.3 is 0 Å². The van der Waals surface area contributed by atoms with Gasteiger partial charge in [-0.15, -0.1) is 0 Å². The summed E-state index contributed by atoms with van der Waals surface area (Å²) in [5, 5.41) is 0.255. The predicted molar refractivity (Wildman–Crippen MR) is 102 cm³/mol. The summed E-state index contributed by atoms with van der Waals surface area (Å²) >= 11 is 5.77. The Morgan fingerprint density at radius 2 is 1.11 bits per heavy atom. The van der Waals surface area contributed by atoms with Crippen LogP contribution in [0.25, 0.3) is 0 Å². The van der Waals surface area contributed by atoms with E-state index in [9.17, 15) is 33.7 Å². The van der Waals surface area contributed by atoms with E-state index in [0.717, 1.165) is 0 Å². The molecule has 0 saturated heterocycles. The highest BCUT2D eigenvalue weighted by molar-refractivity contribution is 8.04. The minimum absolute atomic E-state index is 0.0348. The lowest BCUT2D eigenvalue weighted by Gasteiger charge is -2.31. The third-order valence-corrected chi connectivity index (χ3v) is 10.3. The van der Waals surface area contributed by atoms with Crippen LogP contribution in [0.15, 0.2) is 24.3 Å². The normalized spacial score (nSPS) is 15.2. The molecule has 0 saturated carbocycles. The zero-order chi connectivity index (χ0) is 21.4. The van der Waals surface area contributed by atoms with Gasteiger partial charge in [-0.05, 0) is 17.7 Å². The molecule has 1 rings (SSSR count). The summed E-state index contributed by atoms with van der Waals surface area (Å²) in [7, 11) is -17.6. The highest BCUT2D eigenvalue weighted by Gasteiger charge is 2.40. The minimum atomic E-state index is -4.42. The van der Waals surface area contributed by atoms with E-state index in [2.05, 4.69) is 0 Å². The summed E-state index contributed by atoms with van der Waals surface area (Å²) in [5.41, 5.74) is 0.0348. The minimum Gasteiger partial charge on any atom is -0.212 e. The van der Waals surface area contributed by atoms with Crippen molar-refractivity contribution in [3.63, 3.8) is 0 Å². The van der Waals surface area contributed by atoms with Gasteiger partial charge in [-0.2, -0.15) is 0 Å². The summed E-state index contributed by atoms with van der Waals surface area (Å²) < 4.78 is 96.4. The highest BCUT2D eigenvalue weighted by atomic mass is 35.5. The lowest BCUT2D eigenvalue weighted by atomic mass is 10.1. The zero-order valence-electron chi connectivity index (χ0n) is 14.8. The number of halogens is 1. The van der Waals surface area contributed by atoms with Gasteiger partial charge < -0.3 is 0 Å². The molecular weight excluding hydrogens is 464 g/mol. The first kappa shape index (κ1) is 24.3. The SMILES string of the molecule is CS(=O)(=O)N(C[C@H](c1ccc(Cl)cc1)N(S(C)(=O)=O)S(C)(=O)=O)S(C)(=O)=O. The molecular formula is C12H19ClN2O8S4. The van der Waals surface area contributed by atoms with Crippen LogP contribution in [-0.4, -0.2) is 72.7 Å². The van der Waals surface area contributed by atoms with Gasteiger partial charge in [0.05, 0.1) is 37.6 Å². The molecule has 0 aliphatic carbocycles. The average Bonchev–Trinajstić information content (AvgIpc) is 2.38. The van der Waals surface area contributed by atoms with Crippen molar-refractivity contribution < 1.29 is 33.7 Å². The standard InChI is InChI=1S/C12H19ClN2O8S4/c1-24(16,17)14(25(2,18)19)9-12(10-5-7-11(13)8-6-10)15(26(3,20)21)27(4,22)23/h5-8,12H,9H2,1-4H3/t12-/m1/s1. The van der Waals surface area contributed by atoms with Crippen LogP contribution in [0, 0.1) is 0 Å². The quantitative estimate of drug-likeness (QED) is 0.496. The summed E-state index contributed by atoms with van der Waals surface area (Å²) in [6, 6.07) is 3.55. The zero-order valence-corrected chi connectivity index (χ0v) is 18.8. The molecule has 27 heavy (non-hydrogen) atoms. The van der Waals surface area contributed by atoms with Gasteiger partial charge in [0.15, 0.2) is 0 Å². The van der Waals surface area contributed by atoms with Crippen LogP contribution >= 0.6 is 11.6 Å². The number of sulfonamides is 4. The van der Waals surface area contributed by atoms with E-state index < -0.39 is 52.7 Å². The smallest absolute Gasteiger partial charge is 0.212 e. The van der Waals surface area contributed by atoms with Crippen molar-refractivity contribution in [2.24, 2.45) is 0 Å². The van der Waals surface area contributed by atoms with Crippen LogP contribution in [0.5, 0.6) is 0 Å². The Kier molecular flexibility index (Phi) is 7.12. The van der Waals surface area contributed by atoms with Crippen molar-refractivity contribution in [2.75, 3.05) is 31.6 Å². The number of hydrogen-bond donors (Lipinski definition) is 0. The lowest BCUT2D eigenvalue weighted by Crippen LogP contribution is -2.46. The molecule has 0 aromatic heterocycles. The predicted octanol–water partition coefficient (Wildman–Crippen LogP) is -0.176. The summed E-state index contributed by atoms with van der Waals surface area (Å²) in [5.74, 6) is 0. The molecule has 10 nitrogen and oxygen atoms in total. The molecule has 0 heterocycles. The van der Waals surface area contributed by atoms with Gasteiger partial charge in [-0.25, -0.2) is 33.7 Å². The van der Waals surface area contributed by atoms with Crippen molar-refractivity contribution >= 4 is 51.7 Å². The van der Waals surface area contributed by atoms with E-state index in [1.807, 2.05) is 0 Å². The second kappa shape index (κ2) is 7.93. The Labute approximate surface area is 164 Å². The Bertz CT molecular complexity index is 1050. The van der Waals surface area contributed by atoms with E-state index in [1.165, 1.54) is 24.3 Å². The third kappa shape index (κ3) is 6.66. The summed E-state index contributed by atoms with van der Waals surface area (Å²) in [4.78, 5) is 0. The van der Waals surface area contributed by atoms with Gasteiger partial charge in [0, 0.05) is 5.02 Å². The molecule has 1 aromatic carbocycles. The Morgan fingerprint density at radius 1 is 0.741 bits per heavy atom. The first-order chi connectivity index (χ1) is 11.8. The molecule has 1 atom stereocenters. The largest absolute Gasteiger partial charge is 0.224 e. The number of benzene rings is 1. The van der Waals surface area contributed by atoms with Crippen LogP contribution in [0.1, 0.15) is 11.6 Å². The van der Waals surface area contributed by atoms with Crippen molar-refractivity contribution in [3.05, 3.63) is 34.9 Å². The topological polar surface area (TPSA) is 143 Å². The maximum Gasteiger partial charge on any atom is 0.224 e. The van der Waals surface area contributed by atoms with Crippen molar-refractivity contribution in [2.45, 2.75) is 6.04 Å². The molecule has 15 heteroatoms. The van der Waals surface area contributed by atoms with Crippen molar-refractivity contribution in [1.82, 2.24) is 7.42 Å². The van der Waals surface area contributed by atoms with Gasteiger partial charge in [0.25, 0.3) is 0 Å². The van der Waals surface area contributed by atoms with E-state index in [0.29, 0.717) is 25.0 Å². The highest BCUT2D eigenvalue weighted by Crippen LogP contribution is 2.29. The second-order valence-electron chi connectivity index (χ2n) is 5.80. The number of nitrogens with zero attached hydrogens (tertiary/aromatic N) is 2. The van der Waals surface area contributed by atoms with Crippen LogP contribution in [0.3, 0.4) is 0 Å². The van der Waals surface area contributed by atoms with Gasteiger partial charge in [0.1, 0.15) is 0 Å². The fourth-order valence-electron chi connectivity index (χ4n) is 2.34. The van der Waals surface area contributed by atoms with E-state index in [4.69, 9.17) is 11.6 Å². The average molecular weight is 483 g/mol. The first-order valence-electron chi connectivity index (χ1n) is 6.98. The molecule has 0 aliphatic rings. The molecule has 0 fully saturated rings. The van der Waals surface area contributed by atoms with Crippen LogP contribution < -0.4 is 0 Å². The molecule has 0 spiro atoms. The van der Waals surface area contributed by atoms with Crippen molar-refractivity contribution in [1.29, 1.82) is 0 Å². The van der Waals surface area contributed by atoms with E-state index in [1.54, 1.807) is 0 Å². The molecule has 1 aromatic rings. The Morgan fingerprint density at radius 3 is 1.41 bits per heavy atom. The van der Waals surface area contributed by atoms with Crippen molar-refractivity contribution in [3.8, 4) is 0 Å². The maximum absolute atomic E-state index is 12.1. The van der Waals surface area contributed by atoms with Crippen LogP contribution in [0.2, 0.25) is 5.02 Å². The lowest BCUT2D eigenvalue weighted by molar-refractivity contribution is 0.388. The van der Waals surface area contributed by atoms with Crippen LogP contribution in [0.4, 0.5) is 0 Å². The summed E-state index contributed by atoms with van der Waals surface area (Å²) in [6.45, 7) is -0.973. The molecule has 0 bridgehead atoms. The fourth-order valence-corrected chi connectivity index (χ4v) is 8.53. The van der Waals surface area contributed by atoms with E-state index in [-0.39, 0.29) is 18.0 Å². The molecule has 0 unspecified atom stereocenters. The van der Waals surface area contributed by atoms with Gasteiger partial charge in [-0.3, -0.25) is 0 Å². The second-order valence-corrected chi connectivity index (χ2v) is 14.2. The molecule has 0 N–H and O–H groups in total. The molecule has 156 valence electrons. The van der Waals surface area contributed by atoms with Crippen LogP contribution in [-0.2, 0) is 40.1 Å². The Balaban J connectivity index is 3.77. The summed E-state index contributed by atoms with van der Waals surface area (Å²) in [6.07, 6.45) is 2.45. The Hall–Kier alpha value is -0.770. The van der Waals surface area contributed by atoms with E-state index >= 15 is 0 Å². The first-order valence-corrected chi connectivity index (χ1v) is 14.7. The number of hydrogen-bond acceptors (Lipinski definition) is 8.